The number of hydrogen-bond acceptors (Lipinski definition) is 3. The summed E-state index contributed by atoms with van der Waals surface area (Å²) in [6.45, 7) is 8.50. The normalized spacial score (nSPS) is 32.9. The molecule has 100 valence electrons. The number of esters is 1. The predicted molar refractivity (Wildman–Crippen MR) is 69.5 cm³/mol. The molecule has 3 heteroatoms. The molecule has 0 aromatic rings. The summed E-state index contributed by atoms with van der Waals surface area (Å²) in [5, 5.41) is 0. The Kier molecular flexibility index (Phi) is 5.44. The quantitative estimate of drug-likeness (QED) is 0.770. The summed E-state index contributed by atoms with van der Waals surface area (Å²) in [5.74, 6) is 1.28. The van der Waals surface area contributed by atoms with Crippen LogP contribution in [-0.4, -0.2) is 18.1 Å². The second kappa shape index (κ2) is 6.39. The van der Waals surface area contributed by atoms with Crippen LogP contribution < -0.4 is 5.73 Å². The summed E-state index contributed by atoms with van der Waals surface area (Å²) in [6.07, 6.45) is 4.21. The lowest BCUT2D eigenvalue weighted by Gasteiger charge is -2.32. The Morgan fingerprint density at radius 2 is 1.82 bits per heavy atom. The fourth-order valence-corrected chi connectivity index (χ4v) is 2.70. The standard InChI is InChI=1S/C14H27NO2/c1-5-11(4)13(15)14(16)17-12-7-9(2)6-10(3)8-12/h9-13H,5-8,15H2,1-4H3. The zero-order chi connectivity index (χ0) is 13.0. The van der Waals surface area contributed by atoms with Gasteiger partial charge in [-0.3, -0.25) is 4.79 Å². The van der Waals surface area contributed by atoms with Crippen LogP contribution in [0.15, 0.2) is 0 Å². The summed E-state index contributed by atoms with van der Waals surface area (Å²) in [4.78, 5) is 11.9. The molecule has 0 aromatic heterocycles. The Bertz CT molecular complexity index is 245. The first kappa shape index (κ1) is 14.5. The molecule has 1 rings (SSSR count). The van der Waals surface area contributed by atoms with Gasteiger partial charge in [0.25, 0.3) is 0 Å². The van der Waals surface area contributed by atoms with Crippen molar-refractivity contribution >= 4 is 5.97 Å². The van der Waals surface area contributed by atoms with Crippen LogP contribution in [0.3, 0.4) is 0 Å². The maximum absolute atomic E-state index is 11.9. The van der Waals surface area contributed by atoms with Crippen molar-refractivity contribution < 1.29 is 9.53 Å². The van der Waals surface area contributed by atoms with Gasteiger partial charge in [0, 0.05) is 0 Å². The molecule has 0 bridgehead atoms. The Morgan fingerprint density at radius 1 is 1.29 bits per heavy atom. The van der Waals surface area contributed by atoms with Crippen LogP contribution in [-0.2, 0) is 9.53 Å². The Morgan fingerprint density at radius 3 is 2.29 bits per heavy atom. The third-order valence-corrected chi connectivity index (χ3v) is 3.95. The third kappa shape index (κ3) is 4.30. The van der Waals surface area contributed by atoms with Crippen molar-refractivity contribution in [3.8, 4) is 0 Å². The third-order valence-electron chi connectivity index (χ3n) is 3.95. The molecule has 3 nitrogen and oxygen atoms in total. The molecule has 0 radical (unpaired) electrons. The zero-order valence-corrected chi connectivity index (χ0v) is 11.6. The molecule has 17 heavy (non-hydrogen) atoms. The number of hydrogen-bond donors (Lipinski definition) is 1. The van der Waals surface area contributed by atoms with E-state index in [0.29, 0.717) is 11.8 Å². The monoisotopic (exact) mass is 241 g/mol. The highest BCUT2D eigenvalue weighted by Gasteiger charge is 2.29. The van der Waals surface area contributed by atoms with Gasteiger partial charge in [0.15, 0.2) is 0 Å². The number of ether oxygens (including phenoxy) is 1. The van der Waals surface area contributed by atoms with Crippen LogP contribution in [0, 0.1) is 17.8 Å². The van der Waals surface area contributed by atoms with Crippen molar-refractivity contribution in [1.29, 1.82) is 0 Å². The van der Waals surface area contributed by atoms with Crippen LogP contribution in [0.2, 0.25) is 0 Å². The van der Waals surface area contributed by atoms with Crippen molar-refractivity contribution in [3.63, 3.8) is 0 Å². The summed E-state index contributed by atoms with van der Waals surface area (Å²) >= 11 is 0. The van der Waals surface area contributed by atoms with E-state index in [2.05, 4.69) is 13.8 Å². The summed E-state index contributed by atoms with van der Waals surface area (Å²) in [7, 11) is 0. The minimum absolute atomic E-state index is 0.0800. The largest absolute Gasteiger partial charge is 0.461 e. The number of carbonyl (C=O) groups excluding carboxylic acids is 1. The van der Waals surface area contributed by atoms with Gasteiger partial charge in [-0.15, -0.1) is 0 Å². The van der Waals surface area contributed by atoms with Gasteiger partial charge in [0.05, 0.1) is 0 Å². The van der Waals surface area contributed by atoms with Crippen molar-refractivity contribution in [2.45, 2.75) is 65.5 Å². The first-order valence-corrected chi connectivity index (χ1v) is 6.90. The lowest BCUT2D eigenvalue weighted by atomic mass is 9.82. The molecule has 1 aliphatic carbocycles. The van der Waals surface area contributed by atoms with Gasteiger partial charge in [-0.25, -0.2) is 0 Å². The van der Waals surface area contributed by atoms with Crippen LogP contribution >= 0.6 is 0 Å². The van der Waals surface area contributed by atoms with Crippen LogP contribution in [0.5, 0.6) is 0 Å². The highest BCUT2D eigenvalue weighted by atomic mass is 16.5. The molecule has 1 fully saturated rings. The van der Waals surface area contributed by atoms with Gasteiger partial charge < -0.3 is 10.5 Å². The first-order valence-electron chi connectivity index (χ1n) is 6.90. The van der Waals surface area contributed by atoms with Crippen LogP contribution in [0.25, 0.3) is 0 Å². The molecule has 0 saturated heterocycles. The van der Waals surface area contributed by atoms with Crippen molar-refractivity contribution in [2.24, 2.45) is 23.5 Å². The minimum atomic E-state index is -0.465. The van der Waals surface area contributed by atoms with E-state index in [9.17, 15) is 4.79 Å². The van der Waals surface area contributed by atoms with Crippen LogP contribution in [0.4, 0.5) is 0 Å². The fraction of sp³-hybridized carbons (Fsp3) is 0.929. The lowest BCUT2D eigenvalue weighted by molar-refractivity contribution is -0.154. The lowest BCUT2D eigenvalue weighted by Crippen LogP contribution is -2.41. The van der Waals surface area contributed by atoms with Crippen molar-refractivity contribution in [1.82, 2.24) is 0 Å². The maximum atomic E-state index is 11.9. The van der Waals surface area contributed by atoms with E-state index in [0.717, 1.165) is 19.3 Å². The molecule has 0 aliphatic heterocycles. The molecule has 1 aliphatic rings. The second-order valence-electron chi connectivity index (χ2n) is 5.89. The Balaban J connectivity index is 2.45. The molecule has 4 atom stereocenters. The van der Waals surface area contributed by atoms with Gasteiger partial charge in [-0.05, 0) is 37.0 Å². The van der Waals surface area contributed by atoms with Gasteiger partial charge in [0.1, 0.15) is 12.1 Å². The Labute approximate surface area is 105 Å². The van der Waals surface area contributed by atoms with Crippen molar-refractivity contribution in [2.75, 3.05) is 0 Å². The first-order chi connectivity index (χ1) is 7.93. The number of carbonyl (C=O) groups is 1. The van der Waals surface area contributed by atoms with E-state index in [4.69, 9.17) is 10.5 Å². The topological polar surface area (TPSA) is 52.3 Å². The summed E-state index contributed by atoms with van der Waals surface area (Å²) in [5.41, 5.74) is 5.88. The average Bonchev–Trinajstić information content (AvgIpc) is 2.25. The van der Waals surface area contributed by atoms with Crippen LogP contribution in [0.1, 0.15) is 53.4 Å². The Hall–Kier alpha value is -0.570. The molecular weight excluding hydrogens is 214 g/mol. The minimum Gasteiger partial charge on any atom is -0.461 e. The van der Waals surface area contributed by atoms with Gasteiger partial charge in [-0.2, -0.15) is 0 Å². The highest BCUT2D eigenvalue weighted by Crippen LogP contribution is 2.30. The maximum Gasteiger partial charge on any atom is 0.323 e. The summed E-state index contributed by atoms with van der Waals surface area (Å²) < 4.78 is 5.55. The molecule has 0 amide bonds. The van der Waals surface area contributed by atoms with E-state index in [1.54, 1.807) is 0 Å². The smallest absolute Gasteiger partial charge is 0.323 e. The van der Waals surface area contributed by atoms with Gasteiger partial charge in [-0.1, -0.05) is 34.1 Å². The molecule has 0 heterocycles. The van der Waals surface area contributed by atoms with E-state index < -0.39 is 6.04 Å². The van der Waals surface area contributed by atoms with E-state index >= 15 is 0 Å². The molecule has 0 aromatic carbocycles. The fourth-order valence-electron chi connectivity index (χ4n) is 2.70. The van der Waals surface area contributed by atoms with Gasteiger partial charge in [0.2, 0.25) is 0 Å². The van der Waals surface area contributed by atoms with E-state index in [-0.39, 0.29) is 18.0 Å². The predicted octanol–water partition coefficient (Wildman–Crippen LogP) is 2.73. The molecule has 0 spiro atoms. The average molecular weight is 241 g/mol. The van der Waals surface area contributed by atoms with E-state index in [1.807, 2.05) is 13.8 Å². The molecule has 1 saturated carbocycles. The second-order valence-corrected chi connectivity index (χ2v) is 5.89. The van der Waals surface area contributed by atoms with Crippen molar-refractivity contribution in [3.05, 3.63) is 0 Å². The zero-order valence-electron chi connectivity index (χ0n) is 11.6. The SMILES string of the molecule is CCC(C)C(N)C(=O)OC1CC(C)CC(C)C1. The summed E-state index contributed by atoms with van der Waals surface area (Å²) in [6, 6.07) is -0.465. The molecule has 2 N–H and O–H groups in total. The highest BCUT2D eigenvalue weighted by molar-refractivity contribution is 5.76. The number of nitrogens with two attached hydrogens (primary N) is 1. The van der Waals surface area contributed by atoms with E-state index in [1.165, 1.54) is 6.42 Å². The molecular formula is C14H27NO2. The molecule has 4 unspecified atom stereocenters. The van der Waals surface area contributed by atoms with Gasteiger partial charge >= 0.3 is 5.97 Å². The number of rotatable bonds is 4.